The van der Waals surface area contributed by atoms with E-state index in [1.165, 1.54) is 0 Å². The van der Waals surface area contributed by atoms with Crippen LogP contribution in [-0.4, -0.2) is 11.1 Å². The van der Waals surface area contributed by atoms with Gasteiger partial charge >= 0.3 is 5.97 Å². The summed E-state index contributed by atoms with van der Waals surface area (Å²) < 4.78 is 5.89. The molecule has 0 unspecified atom stereocenters. The highest BCUT2D eigenvalue weighted by Gasteiger charge is 2.14. The first-order valence-corrected chi connectivity index (χ1v) is 8.65. The molecule has 1 N–H and O–H groups in total. The van der Waals surface area contributed by atoms with Gasteiger partial charge in [0.25, 0.3) is 0 Å². The van der Waals surface area contributed by atoms with Crippen molar-refractivity contribution in [2.45, 2.75) is 52.5 Å². The van der Waals surface area contributed by atoms with E-state index in [1.54, 1.807) is 12.1 Å². The van der Waals surface area contributed by atoms with E-state index in [0.717, 1.165) is 39.3 Å². The first kappa shape index (κ1) is 20.1. The van der Waals surface area contributed by atoms with E-state index in [1.807, 2.05) is 52.8 Å². The summed E-state index contributed by atoms with van der Waals surface area (Å²) in [7, 11) is 0. The number of thiol groups is 1. The van der Waals surface area contributed by atoms with Gasteiger partial charge in [-0.15, -0.1) is 12.6 Å². The molecular formula is C20H26O3S. The van der Waals surface area contributed by atoms with Crippen molar-refractivity contribution in [1.82, 2.24) is 0 Å². The molecule has 2 aromatic rings. The fourth-order valence-electron chi connectivity index (χ4n) is 2.42. The number of benzene rings is 2. The van der Waals surface area contributed by atoms with Crippen LogP contribution in [0.4, 0.5) is 0 Å². The largest absolute Gasteiger partial charge is 0.489 e. The Labute approximate surface area is 150 Å². The Bertz CT molecular complexity index is 708. The highest BCUT2D eigenvalue weighted by molar-refractivity contribution is 7.80. The Morgan fingerprint density at radius 1 is 1.17 bits per heavy atom. The number of carbonyl (C=O) groups is 1. The van der Waals surface area contributed by atoms with E-state index in [9.17, 15) is 9.90 Å². The smallest absolute Gasteiger partial charge is 0.336 e. The van der Waals surface area contributed by atoms with Crippen molar-refractivity contribution in [3.63, 3.8) is 0 Å². The van der Waals surface area contributed by atoms with Gasteiger partial charge in [0.1, 0.15) is 12.4 Å². The molecule has 2 rings (SSSR count). The average molecular weight is 346 g/mol. The summed E-state index contributed by atoms with van der Waals surface area (Å²) in [6.07, 6.45) is 0.771. The Balaban J connectivity index is 0.00000139. The predicted molar refractivity (Wildman–Crippen MR) is 102 cm³/mol. The molecule has 0 aliphatic rings. The summed E-state index contributed by atoms with van der Waals surface area (Å²) >= 11 is 4.39. The first-order chi connectivity index (χ1) is 11.4. The van der Waals surface area contributed by atoms with Crippen LogP contribution < -0.4 is 4.74 Å². The Kier molecular flexibility index (Phi) is 7.86. The van der Waals surface area contributed by atoms with E-state index in [4.69, 9.17) is 4.74 Å². The summed E-state index contributed by atoms with van der Waals surface area (Å²) in [6, 6.07) is 9.23. The maximum Gasteiger partial charge on any atom is 0.336 e. The fraction of sp³-hybridized carbons (Fsp3) is 0.350. The van der Waals surface area contributed by atoms with Crippen molar-refractivity contribution in [3.8, 4) is 5.75 Å². The zero-order valence-corrected chi connectivity index (χ0v) is 15.9. The number of ether oxygens (including phenoxy) is 1. The number of carboxylic acids is 1. The van der Waals surface area contributed by atoms with Crippen LogP contribution in [0.3, 0.4) is 0 Å². The SMILES string of the molecule is CC.CCc1cccc(C(=O)O)c1COc1cc(C)c(S)cc1C. The molecule has 0 atom stereocenters. The van der Waals surface area contributed by atoms with E-state index in [2.05, 4.69) is 12.6 Å². The van der Waals surface area contributed by atoms with Crippen molar-refractivity contribution in [1.29, 1.82) is 0 Å². The van der Waals surface area contributed by atoms with Crippen molar-refractivity contribution in [3.05, 3.63) is 58.1 Å². The maximum absolute atomic E-state index is 11.4. The second kappa shape index (κ2) is 9.38. The Hall–Kier alpha value is -1.94. The fourth-order valence-corrected chi connectivity index (χ4v) is 2.67. The average Bonchev–Trinajstić information content (AvgIpc) is 2.58. The van der Waals surface area contributed by atoms with Gasteiger partial charge in [-0.2, -0.15) is 0 Å². The highest BCUT2D eigenvalue weighted by Crippen LogP contribution is 2.27. The summed E-state index contributed by atoms with van der Waals surface area (Å²) in [5.74, 6) is -0.162. The molecule has 0 aliphatic heterocycles. The summed E-state index contributed by atoms with van der Waals surface area (Å²) in [5, 5.41) is 9.35. The van der Waals surface area contributed by atoms with Crippen LogP contribution in [0.5, 0.6) is 5.75 Å². The second-order valence-electron chi connectivity index (χ2n) is 5.29. The van der Waals surface area contributed by atoms with Gasteiger partial charge in [-0.05, 0) is 55.2 Å². The zero-order valence-electron chi connectivity index (χ0n) is 15.0. The van der Waals surface area contributed by atoms with Crippen LogP contribution in [0.15, 0.2) is 35.2 Å². The summed E-state index contributed by atoms with van der Waals surface area (Å²) in [4.78, 5) is 12.3. The Morgan fingerprint density at radius 3 is 2.42 bits per heavy atom. The molecule has 0 spiro atoms. The molecule has 0 saturated carbocycles. The van der Waals surface area contributed by atoms with Crippen LogP contribution in [0.2, 0.25) is 0 Å². The van der Waals surface area contributed by atoms with Crippen LogP contribution in [0.25, 0.3) is 0 Å². The lowest BCUT2D eigenvalue weighted by Gasteiger charge is -2.15. The number of aryl methyl sites for hydroxylation is 3. The number of carboxylic acid groups (broad SMARTS) is 1. The summed E-state index contributed by atoms with van der Waals surface area (Å²) in [5.41, 5.74) is 4.07. The van der Waals surface area contributed by atoms with Gasteiger partial charge in [0.05, 0.1) is 5.56 Å². The second-order valence-corrected chi connectivity index (χ2v) is 5.78. The van der Waals surface area contributed by atoms with Crippen LogP contribution in [-0.2, 0) is 13.0 Å². The van der Waals surface area contributed by atoms with Crippen molar-refractivity contribution < 1.29 is 14.6 Å². The highest BCUT2D eigenvalue weighted by atomic mass is 32.1. The van der Waals surface area contributed by atoms with Gasteiger partial charge in [0.2, 0.25) is 0 Å². The van der Waals surface area contributed by atoms with Crippen LogP contribution >= 0.6 is 12.6 Å². The molecule has 0 fully saturated rings. The summed E-state index contributed by atoms with van der Waals surface area (Å²) in [6.45, 7) is 10.2. The number of hydrogen-bond acceptors (Lipinski definition) is 3. The molecule has 3 nitrogen and oxygen atoms in total. The molecule has 0 aliphatic carbocycles. The van der Waals surface area contributed by atoms with Crippen molar-refractivity contribution in [2.75, 3.05) is 0 Å². The third-order valence-corrected chi connectivity index (χ3v) is 4.23. The molecule has 130 valence electrons. The lowest BCUT2D eigenvalue weighted by molar-refractivity contribution is 0.0693. The van der Waals surface area contributed by atoms with Crippen molar-refractivity contribution >= 4 is 18.6 Å². The monoisotopic (exact) mass is 346 g/mol. The van der Waals surface area contributed by atoms with Gasteiger partial charge in [-0.1, -0.05) is 32.9 Å². The predicted octanol–water partition coefficient (Wildman–Crippen LogP) is 5.46. The first-order valence-electron chi connectivity index (χ1n) is 8.21. The molecule has 0 amide bonds. The molecule has 4 heteroatoms. The van der Waals surface area contributed by atoms with E-state index >= 15 is 0 Å². The van der Waals surface area contributed by atoms with Gasteiger partial charge in [-0.3, -0.25) is 0 Å². The molecule has 0 aromatic heterocycles. The zero-order chi connectivity index (χ0) is 18.3. The van der Waals surface area contributed by atoms with Crippen LogP contribution in [0, 0.1) is 13.8 Å². The maximum atomic E-state index is 11.4. The van der Waals surface area contributed by atoms with E-state index in [-0.39, 0.29) is 6.61 Å². The third kappa shape index (κ3) is 4.78. The van der Waals surface area contributed by atoms with Gasteiger partial charge < -0.3 is 9.84 Å². The molecular weight excluding hydrogens is 320 g/mol. The lowest BCUT2D eigenvalue weighted by Crippen LogP contribution is -2.09. The molecule has 0 radical (unpaired) electrons. The molecule has 2 aromatic carbocycles. The van der Waals surface area contributed by atoms with E-state index in [0.29, 0.717) is 5.56 Å². The minimum absolute atomic E-state index is 0.248. The van der Waals surface area contributed by atoms with Crippen LogP contribution in [0.1, 0.15) is 53.4 Å². The molecule has 24 heavy (non-hydrogen) atoms. The normalized spacial score (nSPS) is 9.92. The molecule has 0 saturated heterocycles. The number of rotatable bonds is 5. The topological polar surface area (TPSA) is 46.5 Å². The van der Waals surface area contributed by atoms with Gasteiger partial charge in [0, 0.05) is 10.5 Å². The van der Waals surface area contributed by atoms with E-state index < -0.39 is 5.97 Å². The molecule has 0 heterocycles. The minimum atomic E-state index is -0.924. The van der Waals surface area contributed by atoms with Gasteiger partial charge in [-0.25, -0.2) is 4.79 Å². The lowest BCUT2D eigenvalue weighted by atomic mass is 10.00. The minimum Gasteiger partial charge on any atom is -0.489 e. The van der Waals surface area contributed by atoms with Gasteiger partial charge in [0.15, 0.2) is 0 Å². The Morgan fingerprint density at radius 2 is 1.83 bits per heavy atom. The third-order valence-electron chi connectivity index (χ3n) is 3.75. The standard InChI is InChI=1S/C18H20O3S.C2H6/c1-4-13-6-5-7-14(18(19)20)15(13)10-21-16-8-12(3)17(22)9-11(16)2;1-2/h5-9,22H,4,10H2,1-3H3,(H,19,20);1-2H3. The quantitative estimate of drug-likeness (QED) is 0.707. The molecule has 0 bridgehead atoms. The number of hydrogen-bond donors (Lipinski definition) is 2. The number of aromatic carboxylic acids is 1. The van der Waals surface area contributed by atoms with Crippen molar-refractivity contribution in [2.24, 2.45) is 0 Å².